The van der Waals surface area contributed by atoms with Crippen LogP contribution < -0.4 is 20.3 Å². The minimum atomic E-state index is -0.292. The number of ether oxygens (including phenoxy) is 2. The number of hydrogen-bond donors (Lipinski definition) is 1. The summed E-state index contributed by atoms with van der Waals surface area (Å²) in [5.74, 6) is 1.03. The Balaban J connectivity index is 1.65. The number of fused-ring (bicyclic) bond motifs is 3. The van der Waals surface area contributed by atoms with Crippen molar-refractivity contribution in [3.05, 3.63) is 94.2 Å². The number of carbonyl (C=O) groups is 1. The average molecular weight is 457 g/mol. The van der Waals surface area contributed by atoms with Gasteiger partial charge in [0, 0.05) is 22.8 Å². The molecule has 0 aliphatic carbocycles. The fourth-order valence-electron chi connectivity index (χ4n) is 3.91. The topological polar surface area (TPSA) is 69.0 Å². The molecule has 0 saturated heterocycles. The smallest absolute Gasteiger partial charge is 0.263 e. The maximum Gasteiger partial charge on any atom is 0.263 e. The molecule has 0 bridgehead atoms. The van der Waals surface area contributed by atoms with Gasteiger partial charge < -0.3 is 14.8 Å². The summed E-state index contributed by atoms with van der Waals surface area (Å²) in [6, 6.07) is 20.1. The van der Waals surface area contributed by atoms with Crippen molar-refractivity contribution < 1.29 is 14.3 Å². The third kappa shape index (κ3) is 3.62. The van der Waals surface area contributed by atoms with Crippen LogP contribution in [0.4, 0.5) is 5.69 Å². The molecule has 5 rings (SSSR count). The highest BCUT2D eigenvalue weighted by Crippen LogP contribution is 2.32. The fourth-order valence-corrected chi connectivity index (χ4v) is 4.84. The molecule has 0 radical (unpaired) electrons. The maximum absolute atomic E-state index is 13.5. The molecule has 0 spiro atoms. The van der Waals surface area contributed by atoms with E-state index in [0.29, 0.717) is 33.9 Å². The van der Waals surface area contributed by atoms with Crippen LogP contribution in [0.2, 0.25) is 0 Å². The van der Waals surface area contributed by atoms with Crippen molar-refractivity contribution in [3.8, 4) is 22.6 Å². The second-order valence-corrected chi connectivity index (χ2v) is 8.31. The summed E-state index contributed by atoms with van der Waals surface area (Å²) in [6.45, 7) is 0. The van der Waals surface area contributed by atoms with E-state index in [9.17, 15) is 9.59 Å². The van der Waals surface area contributed by atoms with Gasteiger partial charge in [-0.25, -0.2) is 0 Å². The Labute approximate surface area is 193 Å². The molecule has 3 heterocycles. The summed E-state index contributed by atoms with van der Waals surface area (Å²) in [5, 5.41) is 5.64. The molecule has 6 nitrogen and oxygen atoms in total. The van der Waals surface area contributed by atoms with Crippen LogP contribution in [0.1, 0.15) is 10.4 Å². The van der Waals surface area contributed by atoms with Crippen molar-refractivity contribution >= 4 is 38.5 Å². The lowest BCUT2D eigenvalue weighted by atomic mass is 10.0. The van der Waals surface area contributed by atoms with E-state index in [1.165, 1.54) is 11.3 Å². The number of amides is 1. The van der Waals surface area contributed by atoms with Crippen LogP contribution in [-0.2, 0) is 0 Å². The van der Waals surface area contributed by atoms with Gasteiger partial charge in [0.2, 0.25) is 0 Å². The normalized spacial score (nSPS) is 11.0. The van der Waals surface area contributed by atoms with Crippen LogP contribution >= 0.6 is 11.3 Å². The number of anilines is 1. The molecule has 1 amide bonds. The lowest BCUT2D eigenvalue weighted by molar-refractivity contribution is 0.102. The lowest BCUT2D eigenvalue weighted by Crippen LogP contribution is -2.19. The monoisotopic (exact) mass is 456 g/mol. The third-order valence-corrected chi connectivity index (χ3v) is 6.49. The number of nitrogens with one attached hydrogen (secondary N) is 1. The zero-order valence-electron chi connectivity index (χ0n) is 18.0. The molecule has 0 atom stereocenters. The molecule has 0 saturated carbocycles. The van der Waals surface area contributed by atoms with Crippen LogP contribution in [0.5, 0.6) is 11.5 Å². The van der Waals surface area contributed by atoms with Crippen LogP contribution in [0.3, 0.4) is 0 Å². The molecule has 33 heavy (non-hydrogen) atoms. The Morgan fingerprint density at radius 3 is 2.45 bits per heavy atom. The second-order valence-electron chi connectivity index (χ2n) is 7.40. The number of nitrogens with zero attached hydrogens (tertiary/aromatic N) is 1. The highest BCUT2D eigenvalue weighted by atomic mass is 32.1. The van der Waals surface area contributed by atoms with E-state index in [-0.39, 0.29) is 11.5 Å². The van der Waals surface area contributed by atoms with E-state index in [0.717, 1.165) is 15.6 Å². The molecule has 7 heteroatoms. The van der Waals surface area contributed by atoms with E-state index >= 15 is 0 Å². The first-order valence-electron chi connectivity index (χ1n) is 10.2. The predicted octanol–water partition coefficient (Wildman–Crippen LogP) is 5.45. The maximum atomic E-state index is 13.5. The molecular weight excluding hydrogens is 436 g/mol. The standard InChI is InChI=1S/C26H20N2O4S/c1-31-17-9-7-16(8-10-17)27-25(29)21-15-28-22(24-19(21)13-14-33-24)12-11-20(26(28)30)18-5-3-4-6-23(18)32-2/h3-15H,1-2H3,(H,27,29). The third-order valence-electron chi connectivity index (χ3n) is 5.55. The highest BCUT2D eigenvalue weighted by molar-refractivity contribution is 7.18. The number of methoxy groups -OCH3 is 2. The Bertz CT molecular complexity index is 1550. The molecule has 1 N–H and O–H groups in total. The summed E-state index contributed by atoms with van der Waals surface area (Å²) >= 11 is 1.50. The van der Waals surface area contributed by atoms with Crippen molar-refractivity contribution in [2.24, 2.45) is 0 Å². The zero-order chi connectivity index (χ0) is 22.9. The molecule has 0 aliphatic rings. The number of rotatable bonds is 5. The highest BCUT2D eigenvalue weighted by Gasteiger charge is 2.18. The summed E-state index contributed by atoms with van der Waals surface area (Å²) in [7, 11) is 3.17. The summed E-state index contributed by atoms with van der Waals surface area (Å²) < 4.78 is 13.0. The molecular formula is C26H20N2O4S. The molecule has 0 aliphatic heterocycles. The van der Waals surface area contributed by atoms with E-state index < -0.39 is 0 Å². The number of thiophene rings is 1. The van der Waals surface area contributed by atoms with Crippen molar-refractivity contribution in [3.63, 3.8) is 0 Å². The summed E-state index contributed by atoms with van der Waals surface area (Å²) in [5.41, 5.74) is 2.81. The van der Waals surface area contributed by atoms with Gasteiger partial charge in [-0.2, -0.15) is 0 Å². The van der Waals surface area contributed by atoms with E-state index in [1.807, 2.05) is 47.8 Å². The SMILES string of the molecule is COc1ccc(NC(=O)c2cn3c(=O)c(-c4ccccc4OC)ccc3c3sccc23)cc1. The number of para-hydroxylation sites is 1. The number of carbonyl (C=O) groups excluding carboxylic acids is 1. The Kier molecular flexibility index (Phi) is 5.32. The van der Waals surface area contributed by atoms with Crippen LogP contribution in [0.25, 0.3) is 26.7 Å². The van der Waals surface area contributed by atoms with Crippen LogP contribution in [0, 0.1) is 0 Å². The van der Waals surface area contributed by atoms with Crippen LogP contribution in [-0.4, -0.2) is 24.5 Å². The number of pyridine rings is 2. The van der Waals surface area contributed by atoms with Gasteiger partial charge in [-0.05, 0) is 53.9 Å². The van der Waals surface area contributed by atoms with Gasteiger partial charge in [0.15, 0.2) is 0 Å². The largest absolute Gasteiger partial charge is 0.497 e. The van der Waals surface area contributed by atoms with E-state index in [2.05, 4.69) is 5.32 Å². The molecule has 164 valence electrons. The van der Waals surface area contributed by atoms with Gasteiger partial charge in [-0.1, -0.05) is 18.2 Å². The van der Waals surface area contributed by atoms with Crippen molar-refractivity contribution in [2.45, 2.75) is 0 Å². The van der Waals surface area contributed by atoms with Gasteiger partial charge in [0.05, 0.1) is 35.6 Å². The van der Waals surface area contributed by atoms with Crippen molar-refractivity contribution in [2.75, 3.05) is 19.5 Å². The first kappa shape index (κ1) is 20.8. The molecule has 2 aromatic carbocycles. The van der Waals surface area contributed by atoms with Crippen molar-refractivity contribution in [1.82, 2.24) is 4.40 Å². The van der Waals surface area contributed by atoms with Gasteiger partial charge in [0.1, 0.15) is 11.5 Å². The van der Waals surface area contributed by atoms with Gasteiger partial charge >= 0.3 is 0 Å². The van der Waals surface area contributed by atoms with Crippen molar-refractivity contribution in [1.29, 1.82) is 0 Å². The molecule has 3 aromatic heterocycles. The Morgan fingerprint density at radius 2 is 1.70 bits per heavy atom. The first-order valence-corrected chi connectivity index (χ1v) is 11.1. The first-order chi connectivity index (χ1) is 16.1. The van der Waals surface area contributed by atoms with Gasteiger partial charge in [-0.3, -0.25) is 14.0 Å². The molecule has 5 aromatic rings. The Hall–Kier alpha value is -4.10. The summed E-state index contributed by atoms with van der Waals surface area (Å²) in [6.07, 6.45) is 1.62. The van der Waals surface area contributed by atoms with E-state index in [1.54, 1.807) is 49.1 Å². The quantitative estimate of drug-likeness (QED) is 0.382. The molecule has 0 fully saturated rings. The minimum Gasteiger partial charge on any atom is -0.497 e. The summed E-state index contributed by atoms with van der Waals surface area (Å²) in [4.78, 5) is 26.8. The number of hydrogen-bond acceptors (Lipinski definition) is 5. The van der Waals surface area contributed by atoms with Crippen LogP contribution in [0.15, 0.2) is 83.1 Å². The Morgan fingerprint density at radius 1 is 0.909 bits per heavy atom. The number of benzene rings is 2. The lowest BCUT2D eigenvalue weighted by Gasteiger charge is -2.12. The zero-order valence-corrected chi connectivity index (χ0v) is 18.8. The van der Waals surface area contributed by atoms with E-state index in [4.69, 9.17) is 9.47 Å². The molecule has 0 unspecified atom stereocenters. The fraction of sp³-hybridized carbons (Fsp3) is 0.0769. The minimum absolute atomic E-state index is 0.217. The predicted molar refractivity (Wildman–Crippen MR) is 132 cm³/mol. The second kappa shape index (κ2) is 8.44. The van der Waals surface area contributed by atoms with Gasteiger partial charge in [0.25, 0.3) is 11.5 Å². The number of aromatic nitrogens is 1. The average Bonchev–Trinajstić information content (AvgIpc) is 3.34. The van der Waals surface area contributed by atoms with Gasteiger partial charge in [-0.15, -0.1) is 11.3 Å².